The zero-order valence-electron chi connectivity index (χ0n) is 20.2. The van der Waals surface area contributed by atoms with Crippen molar-refractivity contribution in [2.45, 2.75) is 39.7 Å². The second kappa shape index (κ2) is 11.9. The molecule has 3 aromatic carbocycles. The van der Waals surface area contributed by atoms with Gasteiger partial charge in [-0.2, -0.15) is 13.9 Å². The third-order valence-electron chi connectivity index (χ3n) is 5.65. The van der Waals surface area contributed by atoms with Crippen LogP contribution >= 0.6 is 7.75 Å². The highest BCUT2D eigenvalue weighted by atomic mass is 31.2. The summed E-state index contributed by atoms with van der Waals surface area (Å²) in [5, 5.41) is 3.57. The molecular formula is C25H25F5NO5P. The van der Waals surface area contributed by atoms with E-state index in [2.05, 4.69) is 5.09 Å². The third kappa shape index (κ3) is 6.59. The number of esters is 1. The zero-order valence-corrected chi connectivity index (χ0v) is 21.1. The van der Waals surface area contributed by atoms with Gasteiger partial charge in [0, 0.05) is 0 Å². The summed E-state index contributed by atoms with van der Waals surface area (Å²) < 4.78 is 98.6. The second-order valence-electron chi connectivity index (χ2n) is 8.25. The van der Waals surface area contributed by atoms with Crippen molar-refractivity contribution >= 4 is 24.5 Å². The molecule has 2 atom stereocenters. The van der Waals surface area contributed by atoms with Crippen LogP contribution in [0.15, 0.2) is 42.5 Å². The molecule has 3 rings (SSSR count). The molecule has 0 aromatic heterocycles. The lowest BCUT2D eigenvalue weighted by atomic mass is 10.1. The molecule has 0 bridgehead atoms. The number of fused-ring (bicyclic) bond motifs is 1. The Bertz CT molecular complexity index is 1310. The number of halogens is 5. The first-order valence-electron chi connectivity index (χ1n) is 11.4. The number of rotatable bonds is 11. The highest BCUT2D eigenvalue weighted by Crippen LogP contribution is 2.48. The SMILES string of the molecule is CCC(CC)COC(=O)[C@H](C)NP(=O)(Oc1ccc2ccccc2c1)Oc1c(F)c(F)c(F)c(F)c1F. The van der Waals surface area contributed by atoms with Gasteiger partial charge >= 0.3 is 13.7 Å². The van der Waals surface area contributed by atoms with Gasteiger partial charge in [-0.3, -0.25) is 4.79 Å². The van der Waals surface area contributed by atoms with Gasteiger partial charge in [-0.1, -0.05) is 57.0 Å². The van der Waals surface area contributed by atoms with E-state index in [1.807, 2.05) is 13.8 Å². The van der Waals surface area contributed by atoms with Crippen molar-refractivity contribution in [1.29, 1.82) is 0 Å². The van der Waals surface area contributed by atoms with Gasteiger partial charge < -0.3 is 13.8 Å². The molecule has 0 fully saturated rings. The molecule has 0 aliphatic heterocycles. The third-order valence-corrected chi connectivity index (χ3v) is 7.23. The Morgan fingerprint density at radius 2 is 1.43 bits per heavy atom. The van der Waals surface area contributed by atoms with E-state index in [-0.39, 0.29) is 18.3 Å². The maximum absolute atomic E-state index is 14.3. The minimum atomic E-state index is -5.01. The number of ether oxygens (including phenoxy) is 1. The van der Waals surface area contributed by atoms with E-state index < -0.39 is 54.6 Å². The van der Waals surface area contributed by atoms with Gasteiger partial charge in [0.05, 0.1) is 6.61 Å². The molecule has 0 radical (unpaired) electrons. The maximum Gasteiger partial charge on any atom is 0.513 e. The zero-order chi connectivity index (χ0) is 27.3. The Morgan fingerprint density at radius 1 is 0.865 bits per heavy atom. The average molecular weight is 545 g/mol. The summed E-state index contributed by atoms with van der Waals surface area (Å²) in [6.45, 7) is 5.10. The molecule has 0 saturated heterocycles. The van der Waals surface area contributed by atoms with Crippen molar-refractivity contribution in [1.82, 2.24) is 5.09 Å². The van der Waals surface area contributed by atoms with E-state index >= 15 is 0 Å². The molecule has 1 unspecified atom stereocenters. The summed E-state index contributed by atoms with van der Waals surface area (Å²) in [7, 11) is -5.01. The van der Waals surface area contributed by atoms with Crippen molar-refractivity contribution in [2.24, 2.45) is 5.92 Å². The van der Waals surface area contributed by atoms with Crippen LogP contribution in [0.3, 0.4) is 0 Å². The number of hydrogen-bond acceptors (Lipinski definition) is 5. The summed E-state index contributed by atoms with van der Waals surface area (Å²) in [4.78, 5) is 12.5. The Kier molecular flexibility index (Phi) is 9.15. The first kappa shape index (κ1) is 28.4. The van der Waals surface area contributed by atoms with Crippen molar-refractivity contribution in [3.63, 3.8) is 0 Å². The molecule has 3 aromatic rings. The highest BCUT2D eigenvalue weighted by molar-refractivity contribution is 7.52. The van der Waals surface area contributed by atoms with Crippen LogP contribution in [0.4, 0.5) is 22.0 Å². The Hall–Kier alpha value is -3.17. The van der Waals surface area contributed by atoms with E-state index in [0.717, 1.165) is 18.2 Å². The van der Waals surface area contributed by atoms with Crippen molar-refractivity contribution in [3.8, 4) is 11.5 Å². The lowest BCUT2D eigenvalue weighted by molar-refractivity contribution is -0.146. The lowest BCUT2D eigenvalue weighted by Crippen LogP contribution is -2.36. The predicted molar refractivity (Wildman–Crippen MR) is 127 cm³/mol. The van der Waals surface area contributed by atoms with Crippen LogP contribution in [0, 0.1) is 35.0 Å². The predicted octanol–water partition coefficient (Wildman–Crippen LogP) is 7.06. The van der Waals surface area contributed by atoms with E-state index in [0.29, 0.717) is 5.39 Å². The number of benzene rings is 3. The van der Waals surface area contributed by atoms with Crippen molar-refractivity contribution in [2.75, 3.05) is 6.61 Å². The fourth-order valence-corrected chi connectivity index (χ4v) is 4.87. The first-order valence-corrected chi connectivity index (χ1v) is 13.0. The molecule has 200 valence electrons. The van der Waals surface area contributed by atoms with Crippen LogP contribution in [0.25, 0.3) is 10.8 Å². The summed E-state index contributed by atoms with van der Waals surface area (Å²) in [6, 6.07) is 9.91. The van der Waals surface area contributed by atoms with Gasteiger partial charge in [0.15, 0.2) is 0 Å². The minimum Gasteiger partial charge on any atom is -0.464 e. The fraction of sp³-hybridized carbons (Fsp3) is 0.320. The van der Waals surface area contributed by atoms with E-state index in [1.54, 1.807) is 30.3 Å². The molecule has 0 saturated carbocycles. The molecule has 37 heavy (non-hydrogen) atoms. The lowest BCUT2D eigenvalue weighted by Gasteiger charge is -2.24. The van der Waals surface area contributed by atoms with Gasteiger partial charge in [0.1, 0.15) is 11.8 Å². The number of hydrogen-bond donors (Lipinski definition) is 1. The Labute approximate surface area is 210 Å². The molecule has 1 N–H and O–H groups in total. The molecule has 0 aliphatic rings. The van der Waals surface area contributed by atoms with Crippen LogP contribution in [0.5, 0.6) is 11.5 Å². The molecule has 0 amide bonds. The monoisotopic (exact) mass is 545 g/mol. The van der Waals surface area contributed by atoms with Crippen LogP contribution in [0.1, 0.15) is 33.6 Å². The summed E-state index contributed by atoms with van der Waals surface area (Å²) in [5.41, 5.74) is 0. The fourth-order valence-electron chi connectivity index (χ4n) is 3.36. The Balaban J connectivity index is 1.95. The standard InChI is InChI=1S/C25H25F5NO5P/c1-4-15(5-2)13-34-25(32)14(3)31-37(33,35-18-11-10-16-8-6-7-9-17(16)12-18)36-24-22(29)20(27)19(26)21(28)23(24)30/h6-12,14-15H,4-5,13H2,1-3H3,(H,31,33)/t14-,37?/m0/s1. The van der Waals surface area contributed by atoms with E-state index in [4.69, 9.17) is 13.8 Å². The van der Waals surface area contributed by atoms with Crippen LogP contribution in [-0.4, -0.2) is 18.6 Å². The quantitative estimate of drug-likeness (QED) is 0.0915. The smallest absolute Gasteiger partial charge is 0.464 e. The minimum absolute atomic E-state index is 0.0617. The van der Waals surface area contributed by atoms with Crippen LogP contribution in [-0.2, 0) is 14.1 Å². The summed E-state index contributed by atoms with van der Waals surface area (Å²) in [6.07, 6.45) is 1.47. The largest absolute Gasteiger partial charge is 0.513 e. The molecule has 0 aliphatic carbocycles. The van der Waals surface area contributed by atoms with Crippen molar-refractivity contribution < 1.29 is 45.1 Å². The first-order chi connectivity index (χ1) is 17.5. The van der Waals surface area contributed by atoms with Gasteiger partial charge in [-0.05, 0) is 35.7 Å². The van der Waals surface area contributed by atoms with Gasteiger partial charge in [0.2, 0.25) is 34.8 Å². The van der Waals surface area contributed by atoms with Gasteiger partial charge in [-0.15, -0.1) is 0 Å². The van der Waals surface area contributed by atoms with Gasteiger partial charge in [-0.25, -0.2) is 17.7 Å². The van der Waals surface area contributed by atoms with Crippen LogP contribution < -0.4 is 14.1 Å². The molecule has 12 heteroatoms. The highest BCUT2D eigenvalue weighted by Gasteiger charge is 2.38. The second-order valence-corrected chi connectivity index (χ2v) is 9.87. The van der Waals surface area contributed by atoms with E-state index in [1.165, 1.54) is 19.1 Å². The number of nitrogens with one attached hydrogen (secondary N) is 1. The van der Waals surface area contributed by atoms with Crippen molar-refractivity contribution in [3.05, 3.63) is 71.6 Å². The molecule has 6 nitrogen and oxygen atoms in total. The number of carbonyl (C=O) groups is 1. The average Bonchev–Trinajstić information content (AvgIpc) is 2.89. The molecular weight excluding hydrogens is 520 g/mol. The number of carbonyl (C=O) groups excluding carboxylic acids is 1. The molecule has 0 heterocycles. The van der Waals surface area contributed by atoms with Crippen LogP contribution in [0.2, 0.25) is 0 Å². The van der Waals surface area contributed by atoms with E-state index in [9.17, 15) is 31.3 Å². The molecule has 0 spiro atoms. The Morgan fingerprint density at radius 3 is 2.03 bits per heavy atom. The summed E-state index contributed by atoms with van der Waals surface area (Å²) in [5.74, 6) is -14.5. The van der Waals surface area contributed by atoms with Gasteiger partial charge in [0.25, 0.3) is 0 Å². The normalized spacial score (nSPS) is 13.9. The maximum atomic E-state index is 14.3. The summed E-state index contributed by atoms with van der Waals surface area (Å²) >= 11 is 0. The topological polar surface area (TPSA) is 73.9 Å².